The summed E-state index contributed by atoms with van der Waals surface area (Å²) >= 11 is 1.31. The largest absolute Gasteiger partial charge is 0.325 e. The van der Waals surface area contributed by atoms with Crippen LogP contribution >= 0.6 is 11.8 Å². The molecule has 1 unspecified atom stereocenters. The Balaban J connectivity index is 1.56. The Labute approximate surface area is 206 Å². The van der Waals surface area contributed by atoms with Crippen molar-refractivity contribution in [3.8, 4) is 5.69 Å². The highest BCUT2D eigenvalue weighted by atomic mass is 32.2. The van der Waals surface area contributed by atoms with Crippen molar-refractivity contribution in [3.63, 3.8) is 0 Å². The molecule has 0 aliphatic heterocycles. The summed E-state index contributed by atoms with van der Waals surface area (Å²) in [5.41, 5.74) is 4.21. The van der Waals surface area contributed by atoms with Crippen molar-refractivity contribution in [2.24, 2.45) is 0 Å². The number of thioether (sulfide) groups is 1. The topological polar surface area (TPSA) is 81.3 Å². The quantitative estimate of drug-likeness (QED) is 0.343. The van der Waals surface area contributed by atoms with Crippen molar-refractivity contribution in [2.75, 3.05) is 5.32 Å². The van der Waals surface area contributed by atoms with Gasteiger partial charge in [0.15, 0.2) is 5.16 Å². The molecule has 2 aromatic heterocycles. The minimum absolute atomic E-state index is 0.132. The van der Waals surface area contributed by atoms with Crippen molar-refractivity contribution in [2.45, 2.75) is 37.6 Å². The highest BCUT2D eigenvalue weighted by molar-refractivity contribution is 8.00. The molecule has 0 bridgehead atoms. The van der Waals surface area contributed by atoms with Gasteiger partial charge in [-0.1, -0.05) is 61.2 Å². The summed E-state index contributed by atoms with van der Waals surface area (Å²) in [6.45, 7) is 5.89. The average Bonchev–Trinajstić information content (AvgIpc) is 3.29. The van der Waals surface area contributed by atoms with E-state index in [2.05, 4.69) is 22.4 Å². The first-order chi connectivity index (χ1) is 17.0. The molecule has 8 heteroatoms. The van der Waals surface area contributed by atoms with E-state index >= 15 is 0 Å². The predicted molar refractivity (Wildman–Crippen MR) is 141 cm³/mol. The number of hydrogen-bond acceptors (Lipinski definition) is 5. The first-order valence-electron chi connectivity index (χ1n) is 11.5. The van der Waals surface area contributed by atoms with Crippen LogP contribution in [0.1, 0.15) is 25.0 Å². The molecular weight excluding hydrogens is 458 g/mol. The van der Waals surface area contributed by atoms with E-state index in [1.165, 1.54) is 17.3 Å². The van der Waals surface area contributed by atoms with Crippen LogP contribution in [0.3, 0.4) is 0 Å². The molecule has 35 heavy (non-hydrogen) atoms. The summed E-state index contributed by atoms with van der Waals surface area (Å²) in [7, 11) is 0. The van der Waals surface area contributed by atoms with Gasteiger partial charge in [0.2, 0.25) is 11.7 Å². The van der Waals surface area contributed by atoms with Crippen molar-refractivity contribution in [3.05, 3.63) is 94.3 Å². The zero-order valence-electron chi connectivity index (χ0n) is 19.7. The number of carbonyl (C=O) groups excluding carboxylic acids is 1. The predicted octanol–water partition coefficient (Wildman–Crippen LogP) is 5.02. The fourth-order valence-corrected chi connectivity index (χ4v) is 4.92. The number of aryl methyl sites for hydroxylation is 2. The molecule has 1 amide bonds. The Bertz CT molecular complexity index is 1600. The van der Waals surface area contributed by atoms with Crippen LogP contribution in [0, 0.1) is 6.92 Å². The van der Waals surface area contributed by atoms with Gasteiger partial charge >= 0.3 is 0 Å². The van der Waals surface area contributed by atoms with Crippen LogP contribution in [0.2, 0.25) is 0 Å². The highest BCUT2D eigenvalue weighted by Crippen LogP contribution is 2.27. The number of nitrogens with zero attached hydrogens (tertiary/aromatic N) is 4. The minimum atomic E-state index is -0.439. The second kappa shape index (κ2) is 9.38. The van der Waals surface area contributed by atoms with Gasteiger partial charge in [-0.3, -0.25) is 14.0 Å². The smallest absolute Gasteiger partial charge is 0.267 e. The molecule has 2 heterocycles. The number of rotatable bonds is 6. The third kappa shape index (κ3) is 4.21. The molecule has 176 valence electrons. The van der Waals surface area contributed by atoms with Gasteiger partial charge in [-0.15, -0.1) is 10.2 Å². The molecule has 0 spiro atoms. The van der Waals surface area contributed by atoms with E-state index in [4.69, 9.17) is 0 Å². The second-order valence-electron chi connectivity index (χ2n) is 8.36. The van der Waals surface area contributed by atoms with Crippen LogP contribution in [0.25, 0.3) is 22.4 Å². The summed E-state index contributed by atoms with van der Waals surface area (Å²) in [6, 6.07) is 22.9. The molecular formula is C27H25N5O2S. The molecule has 3 aromatic carbocycles. The molecule has 0 saturated carbocycles. The van der Waals surface area contributed by atoms with E-state index in [1.807, 2.05) is 85.0 Å². The van der Waals surface area contributed by atoms with Crippen molar-refractivity contribution in [1.82, 2.24) is 19.2 Å². The van der Waals surface area contributed by atoms with Crippen molar-refractivity contribution < 1.29 is 4.79 Å². The Morgan fingerprint density at radius 2 is 1.71 bits per heavy atom. The number of para-hydroxylation sites is 2. The number of fused-ring (bicyclic) bond motifs is 3. The van der Waals surface area contributed by atoms with Gasteiger partial charge in [0.1, 0.15) is 0 Å². The summed E-state index contributed by atoms with van der Waals surface area (Å²) < 4.78 is 3.45. The van der Waals surface area contributed by atoms with Gasteiger partial charge < -0.3 is 5.32 Å². The lowest BCUT2D eigenvalue weighted by molar-refractivity contribution is -0.115. The third-order valence-corrected chi connectivity index (χ3v) is 7.07. The molecule has 0 radical (unpaired) electrons. The Kier molecular flexibility index (Phi) is 6.13. The zero-order chi connectivity index (χ0) is 24.5. The minimum Gasteiger partial charge on any atom is -0.325 e. The van der Waals surface area contributed by atoms with Crippen LogP contribution in [0.4, 0.5) is 5.69 Å². The maximum atomic E-state index is 13.5. The summed E-state index contributed by atoms with van der Waals surface area (Å²) in [5.74, 6) is 0.279. The molecule has 0 aliphatic carbocycles. The lowest BCUT2D eigenvalue weighted by Gasteiger charge is -2.14. The van der Waals surface area contributed by atoms with E-state index in [0.29, 0.717) is 21.8 Å². The Hall–Kier alpha value is -3.91. The van der Waals surface area contributed by atoms with Gasteiger partial charge in [0.25, 0.3) is 5.56 Å². The third-order valence-electron chi connectivity index (χ3n) is 6.03. The summed E-state index contributed by atoms with van der Waals surface area (Å²) in [4.78, 5) is 26.4. The summed E-state index contributed by atoms with van der Waals surface area (Å²) in [6.07, 6.45) is 0.946. The number of nitrogens with one attached hydrogen (secondary N) is 1. The van der Waals surface area contributed by atoms with E-state index in [0.717, 1.165) is 23.4 Å². The number of anilines is 1. The number of aromatic nitrogens is 4. The molecule has 0 fully saturated rings. The lowest BCUT2D eigenvalue weighted by Crippen LogP contribution is -2.24. The van der Waals surface area contributed by atoms with Crippen molar-refractivity contribution in [1.29, 1.82) is 0 Å². The summed E-state index contributed by atoms with van der Waals surface area (Å²) in [5, 5.41) is 12.4. The van der Waals surface area contributed by atoms with Gasteiger partial charge in [-0.2, -0.15) is 0 Å². The lowest BCUT2D eigenvalue weighted by atomic mass is 10.1. The monoisotopic (exact) mass is 483 g/mol. The normalized spacial score (nSPS) is 12.2. The van der Waals surface area contributed by atoms with Crippen LogP contribution in [-0.4, -0.2) is 30.3 Å². The average molecular weight is 484 g/mol. The maximum Gasteiger partial charge on any atom is 0.267 e. The van der Waals surface area contributed by atoms with E-state index in [9.17, 15) is 9.59 Å². The maximum absolute atomic E-state index is 13.5. The number of amides is 1. The fourth-order valence-electron chi connectivity index (χ4n) is 4.07. The van der Waals surface area contributed by atoms with E-state index < -0.39 is 5.25 Å². The molecule has 7 nitrogen and oxygen atoms in total. The molecule has 0 aliphatic rings. The van der Waals surface area contributed by atoms with Gasteiger partial charge in [-0.05, 0) is 61.7 Å². The molecule has 5 rings (SSSR count). The molecule has 1 N–H and O–H groups in total. The zero-order valence-corrected chi connectivity index (χ0v) is 20.5. The fraction of sp³-hybridized carbons (Fsp3) is 0.185. The van der Waals surface area contributed by atoms with E-state index in [1.54, 1.807) is 10.6 Å². The molecule has 1 atom stereocenters. The van der Waals surface area contributed by atoms with E-state index in [-0.39, 0.29) is 11.5 Å². The van der Waals surface area contributed by atoms with Crippen molar-refractivity contribution >= 4 is 40.0 Å². The van der Waals surface area contributed by atoms with Crippen LogP contribution in [-0.2, 0) is 11.2 Å². The highest BCUT2D eigenvalue weighted by Gasteiger charge is 2.22. The van der Waals surface area contributed by atoms with Gasteiger partial charge in [0.05, 0.1) is 21.8 Å². The SMILES string of the molecule is CCc1ccc(NC(=O)C(C)Sc2nnc3n(-c4ccccc4C)c(=O)c4ccccc4n23)cc1. The van der Waals surface area contributed by atoms with Gasteiger partial charge in [0, 0.05) is 5.69 Å². The first-order valence-corrected chi connectivity index (χ1v) is 12.4. The van der Waals surface area contributed by atoms with Crippen LogP contribution in [0.15, 0.2) is 82.7 Å². The number of carbonyl (C=O) groups is 1. The molecule has 0 saturated heterocycles. The second-order valence-corrected chi connectivity index (χ2v) is 9.67. The number of benzene rings is 3. The Morgan fingerprint density at radius 1 is 1.00 bits per heavy atom. The van der Waals surface area contributed by atoms with Gasteiger partial charge in [-0.25, -0.2) is 4.57 Å². The Morgan fingerprint density at radius 3 is 2.46 bits per heavy atom. The first kappa shape index (κ1) is 22.9. The van der Waals surface area contributed by atoms with Crippen LogP contribution in [0.5, 0.6) is 0 Å². The van der Waals surface area contributed by atoms with Crippen LogP contribution < -0.4 is 10.9 Å². The standard InChI is InChI=1S/C27H25N5O2S/c1-4-19-13-15-20(16-14-19)28-24(33)18(3)35-27-30-29-26-31(22-11-7-5-9-17(22)2)25(34)21-10-6-8-12-23(21)32(26)27/h5-16,18H,4H2,1-3H3,(H,28,33). The molecule has 5 aromatic rings. The number of hydrogen-bond donors (Lipinski definition) is 1.